The van der Waals surface area contributed by atoms with Crippen molar-refractivity contribution in [3.63, 3.8) is 0 Å². The fourth-order valence-corrected chi connectivity index (χ4v) is 3.27. The molecule has 0 unspecified atom stereocenters. The van der Waals surface area contributed by atoms with E-state index in [2.05, 4.69) is 10.3 Å². The second-order valence-electron chi connectivity index (χ2n) is 6.55. The Bertz CT molecular complexity index is 893. The lowest BCUT2D eigenvalue weighted by atomic mass is 9.95. The average molecular weight is 364 g/mol. The van der Waals surface area contributed by atoms with Crippen molar-refractivity contribution < 1.29 is 14.0 Å². The number of benzene rings is 1. The molecule has 0 saturated carbocycles. The summed E-state index contributed by atoms with van der Waals surface area (Å²) in [6.07, 6.45) is 8.10. The lowest BCUT2D eigenvalue weighted by molar-refractivity contribution is -0.121. The summed E-state index contributed by atoms with van der Waals surface area (Å²) in [5, 5.41) is 2.97. The Labute approximate surface area is 156 Å². The summed E-state index contributed by atoms with van der Waals surface area (Å²) in [6, 6.07) is 11.0. The second-order valence-corrected chi connectivity index (χ2v) is 6.55. The van der Waals surface area contributed by atoms with Crippen LogP contribution in [0.1, 0.15) is 23.4 Å². The highest BCUT2D eigenvalue weighted by atomic mass is 16.3. The third kappa shape index (κ3) is 3.76. The van der Waals surface area contributed by atoms with Crippen molar-refractivity contribution in [2.45, 2.75) is 12.8 Å². The molecule has 0 atom stereocenters. The first-order chi connectivity index (χ1) is 13.2. The number of aromatic nitrogens is 2. The predicted octanol–water partition coefficient (Wildman–Crippen LogP) is 2.96. The molecule has 0 radical (unpaired) electrons. The number of nitrogens with one attached hydrogen (secondary N) is 1. The number of rotatable bonds is 4. The number of imidazole rings is 1. The topological polar surface area (TPSA) is 80.4 Å². The van der Waals surface area contributed by atoms with E-state index in [1.165, 1.54) is 6.26 Å². The quantitative estimate of drug-likeness (QED) is 0.772. The highest BCUT2D eigenvalue weighted by molar-refractivity contribution is 5.94. The Balaban J connectivity index is 1.31. The molecule has 138 valence electrons. The fourth-order valence-electron chi connectivity index (χ4n) is 3.27. The molecule has 4 rings (SSSR count). The first-order valence-electron chi connectivity index (χ1n) is 8.93. The maximum absolute atomic E-state index is 12.5. The molecule has 2 amide bonds. The van der Waals surface area contributed by atoms with Crippen molar-refractivity contribution in [1.29, 1.82) is 0 Å². The van der Waals surface area contributed by atoms with Gasteiger partial charge in [-0.15, -0.1) is 0 Å². The van der Waals surface area contributed by atoms with E-state index < -0.39 is 0 Å². The molecule has 1 fully saturated rings. The maximum atomic E-state index is 12.5. The van der Waals surface area contributed by atoms with Crippen LogP contribution in [0.15, 0.2) is 65.8 Å². The van der Waals surface area contributed by atoms with Gasteiger partial charge in [-0.2, -0.15) is 0 Å². The van der Waals surface area contributed by atoms with Crippen molar-refractivity contribution in [2.75, 3.05) is 18.4 Å². The minimum atomic E-state index is -0.117. The van der Waals surface area contributed by atoms with Crippen molar-refractivity contribution in [3.8, 4) is 5.69 Å². The number of nitrogens with zero attached hydrogens (tertiary/aromatic N) is 3. The van der Waals surface area contributed by atoms with Gasteiger partial charge in [-0.3, -0.25) is 9.59 Å². The smallest absolute Gasteiger partial charge is 0.289 e. The number of carbonyl (C=O) groups excluding carboxylic acids is 2. The third-order valence-electron chi connectivity index (χ3n) is 4.82. The fraction of sp³-hybridized carbons (Fsp3) is 0.250. The van der Waals surface area contributed by atoms with Crippen LogP contribution >= 0.6 is 0 Å². The minimum absolute atomic E-state index is 0.00419. The SMILES string of the molecule is O=C(Nc1ccc(-n2ccnc2)cc1)C1CCN(C(=O)c2ccco2)CC1. The van der Waals surface area contributed by atoms with E-state index in [9.17, 15) is 9.59 Å². The highest BCUT2D eigenvalue weighted by Gasteiger charge is 2.28. The van der Waals surface area contributed by atoms with E-state index in [1.54, 1.807) is 29.6 Å². The summed E-state index contributed by atoms with van der Waals surface area (Å²) in [7, 11) is 0. The molecule has 3 aromatic rings. The summed E-state index contributed by atoms with van der Waals surface area (Å²) in [5.74, 6) is 0.124. The van der Waals surface area contributed by atoms with Crippen LogP contribution in [0.4, 0.5) is 5.69 Å². The molecule has 0 spiro atoms. The van der Waals surface area contributed by atoms with Crippen LogP contribution in [0.25, 0.3) is 5.69 Å². The van der Waals surface area contributed by atoms with Gasteiger partial charge in [-0.05, 0) is 49.2 Å². The largest absolute Gasteiger partial charge is 0.459 e. The molecule has 0 aliphatic carbocycles. The van der Waals surface area contributed by atoms with Gasteiger partial charge in [-0.25, -0.2) is 4.98 Å². The Morgan fingerprint density at radius 2 is 1.89 bits per heavy atom. The lowest BCUT2D eigenvalue weighted by Crippen LogP contribution is -2.41. The molecule has 0 bridgehead atoms. The van der Waals surface area contributed by atoms with Crippen LogP contribution < -0.4 is 5.32 Å². The van der Waals surface area contributed by atoms with Gasteiger partial charge in [0.2, 0.25) is 5.91 Å². The summed E-state index contributed by atoms with van der Waals surface area (Å²) >= 11 is 0. The van der Waals surface area contributed by atoms with E-state index in [0.717, 1.165) is 11.4 Å². The molecular formula is C20H20N4O3. The molecule has 1 N–H and O–H groups in total. The van der Waals surface area contributed by atoms with Crippen LogP contribution in [-0.2, 0) is 4.79 Å². The van der Waals surface area contributed by atoms with Crippen LogP contribution in [-0.4, -0.2) is 39.4 Å². The molecule has 3 heterocycles. The normalized spacial score (nSPS) is 14.9. The molecule has 1 saturated heterocycles. The summed E-state index contributed by atoms with van der Waals surface area (Å²) < 4.78 is 7.06. The molecule has 7 nitrogen and oxygen atoms in total. The van der Waals surface area contributed by atoms with Crippen molar-refractivity contribution in [2.24, 2.45) is 5.92 Å². The summed E-state index contributed by atoms with van der Waals surface area (Å²) in [4.78, 5) is 30.6. The Hall–Kier alpha value is -3.35. The van der Waals surface area contributed by atoms with E-state index in [1.807, 2.05) is 35.0 Å². The zero-order valence-electron chi connectivity index (χ0n) is 14.7. The van der Waals surface area contributed by atoms with Crippen molar-refractivity contribution >= 4 is 17.5 Å². The Morgan fingerprint density at radius 1 is 1.11 bits per heavy atom. The number of carbonyl (C=O) groups is 2. The number of hydrogen-bond donors (Lipinski definition) is 1. The summed E-state index contributed by atoms with van der Waals surface area (Å²) in [6.45, 7) is 1.11. The maximum Gasteiger partial charge on any atom is 0.289 e. The summed E-state index contributed by atoms with van der Waals surface area (Å²) in [5.41, 5.74) is 1.74. The van der Waals surface area contributed by atoms with Gasteiger partial charge < -0.3 is 19.2 Å². The number of likely N-dealkylation sites (tertiary alicyclic amines) is 1. The van der Waals surface area contributed by atoms with Crippen LogP contribution in [0, 0.1) is 5.92 Å². The molecule has 7 heteroatoms. The zero-order chi connectivity index (χ0) is 18.6. The first-order valence-corrected chi connectivity index (χ1v) is 8.93. The average Bonchev–Trinajstić information content (AvgIpc) is 3.42. The number of hydrogen-bond acceptors (Lipinski definition) is 4. The van der Waals surface area contributed by atoms with Gasteiger partial charge in [0.15, 0.2) is 5.76 Å². The van der Waals surface area contributed by atoms with Crippen LogP contribution in [0.5, 0.6) is 0 Å². The molecule has 1 aromatic carbocycles. The van der Waals surface area contributed by atoms with Crippen molar-refractivity contribution in [1.82, 2.24) is 14.5 Å². The second kappa shape index (κ2) is 7.49. The number of furan rings is 1. The van der Waals surface area contributed by atoms with Gasteiger partial charge >= 0.3 is 0 Å². The molecule has 1 aliphatic heterocycles. The predicted molar refractivity (Wildman–Crippen MR) is 99.5 cm³/mol. The monoisotopic (exact) mass is 364 g/mol. The standard InChI is InChI=1S/C20H20N4O3/c25-19(22-16-3-5-17(6-4-16)24-12-9-21-14-24)15-7-10-23(11-8-15)20(26)18-2-1-13-27-18/h1-6,9,12-15H,7-8,10-11H2,(H,22,25). The number of amides is 2. The third-order valence-corrected chi connectivity index (χ3v) is 4.82. The van der Waals surface area contributed by atoms with E-state index in [0.29, 0.717) is 31.7 Å². The van der Waals surface area contributed by atoms with Crippen LogP contribution in [0.3, 0.4) is 0 Å². The highest BCUT2D eigenvalue weighted by Crippen LogP contribution is 2.22. The van der Waals surface area contributed by atoms with E-state index in [4.69, 9.17) is 4.42 Å². The lowest BCUT2D eigenvalue weighted by Gasteiger charge is -2.30. The minimum Gasteiger partial charge on any atom is -0.459 e. The van der Waals surface area contributed by atoms with Gasteiger partial charge in [0, 0.05) is 42.8 Å². The van der Waals surface area contributed by atoms with Crippen LogP contribution in [0.2, 0.25) is 0 Å². The zero-order valence-corrected chi connectivity index (χ0v) is 14.7. The Morgan fingerprint density at radius 3 is 2.52 bits per heavy atom. The van der Waals surface area contributed by atoms with Gasteiger partial charge in [0.25, 0.3) is 5.91 Å². The number of anilines is 1. The van der Waals surface area contributed by atoms with E-state index in [-0.39, 0.29) is 17.7 Å². The molecule has 1 aliphatic rings. The van der Waals surface area contributed by atoms with Gasteiger partial charge in [-0.1, -0.05) is 0 Å². The van der Waals surface area contributed by atoms with Gasteiger partial charge in [0.05, 0.1) is 12.6 Å². The number of piperidine rings is 1. The van der Waals surface area contributed by atoms with E-state index >= 15 is 0 Å². The van der Waals surface area contributed by atoms with Crippen molar-refractivity contribution in [3.05, 3.63) is 67.1 Å². The molecular weight excluding hydrogens is 344 g/mol. The Kier molecular flexibility index (Phi) is 4.74. The molecule has 27 heavy (non-hydrogen) atoms. The first kappa shape index (κ1) is 17.1. The molecule has 2 aromatic heterocycles. The van der Waals surface area contributed by atoms with Gasteiger partial charge in [0.1, 0.15) is 0 Å².